The molecule has 3 rings (SSSR count). The summed E-state index contributed by atoms with van der Waals surface area (Å²) in [4.78, 5) is 20.9. The van der Waals surface area contributed by atoms with Gasteiger partial charge in [-0.1, -0.05) is 0 Å². The second-order valence-corrected chi connectivity index (χ2v) is 6.23. The van der Waals surface area contributed by atoms with Gasteiger partial charge in [0.05, 0.1) is 13.7 Å². The minimum absolute atomic E-state index is 0.0119. The van der Waals surface area contributed by atoms with Crippen LogP contribution < -0.4 is 15.0 Å². The number of methoxy groups -OCH3 is 1. The fourth-order valence-corrected chi connectivity index (χ4v) is 3.24. The summed E-state index contributed by atoms with van der Waals surface area (Å²) in [6.45, 7) is 3.97. The van der Waals surface area contributed by atoms with Crippen molar-refractivity contribution in [3.63, 3.8) is 0 Å². The second kappa shape index (κ2) is 7.43. The summed E-state index contributed by atoms with van der Waals surface area (Å²) in [7, 11) is 1.62. The van der Waals surface area contributed by atoms with Crippen LogP contribution in [0.15, 0.2) is 35.8 Å². The number of rotatable bonds is 5. The standard InChI is InChI=1S/C16H20N4O2S/c1-22-14-4-2-13(3-5-14)18-15(21)12-19-7-9-20(10-8-19)16-17-6-11-23-16/h2-6,11H,7-10,12H2,1H3,(H,18,21). The van der Waals surface area contributed by atoms with Gasteiger partial charge in [0, 0.05) is 43.4 Å². The van der Waals surface area contributed by atoms with Crippen LogP contribution in [0.3, 0.4) is 0 Å². The Morgan fingerprint density at radius 1 is 1.26 bits per heavy atom. The van der Waals surface area contributed by atoms with E-state index in [1.165, 1.54) is 0 Å². The highest BCUT2D eigenvalue weighted by Gasteiger charge is 2.20. The van der Waals surface area contributed by atoms with Crippen molar-refractivity contribution in [3.05, 3.63) is 35.8 Å². The Morgan fingerprint density at radius 2 is 2.00 bits per heavy atom. The van der Waals surface area contributed by atoms with Gasteiger partial charge in [0.1, 0.15) is 5.75 Å². The van der Waals surface area contributed by atoms with Crippen molar-refractivity contribution in [2.75, 3.05) is 50.1 Å². The summed E-state index contributed by atoms with van der Waals surface area (Å²) >= 11 is 1.66. The van der Waals surface area contributed by atoms with Gasteiger partial charge in [-0.3, -0.25) is 9.69 Å². The van der Waals surface area contributed by atoms with E-state index in [1.54, 1.807) is 18.4 Å². The van der Waals surface area contributed by atoms with Crippen molar-refractivity contribution in [2.45, 2.75) is 0 Å². The van der Waals surface area contributed by atoms with E-state index in [0.717, 1.165) is 42.7 Å². The van der Waals surface area contributed by atoms with Gasteiger partial charge < -0.3 is 15.0 Å². The third-order valence-electron chi connectivity index (χ3n) is 3.80. The largest absolute Gasteiger partial charge is 0.497 e. The first-order valence-corrected chi connectivity index (χ1v) is 8.43. The van der Waals surface area contributed by atoms with Gasteiger partial charge in [-0.15, -0.1) is 11.3 Å². The molecule has 2 aromatic rings. The van der Waals surface area contributed by atoms with Gasteiger partial charge in [0.15, 0.2) is 5.13 Å². The number of ether oxygens (including phenoxy) is 1. The molecule has 1 fully saturated rings. The molecule has 0 unspecified atom stereocenters. The number of nitrogens with zero attached hydrogens (tertiary/aromatic N) is 3. The number of carbonyl (C=O) groups is 1. The number of piperazine rings is 1. The number of hydrogen-bond donors (Lipinski definition) is 1. The third-order valence-corrected chi connectivity index (χ3v) is 4.64. The Kier molecular flexibility index (Phi) is 5.09. The number of benzene rings is 1. The van der Waals surface area contributed by atoms with Crippen LogP contribution in [0.25, 0.3) is 0 Å². The molecular weight excluding hydrogens is 312 g/mol. The van der Waals surface area contributed by atoms with Crippen LogP contribution in [0.1, 0.15) is 0 Å². The van der Waals surface area contributed by atoms with Crippen LogP contribution in [-0.2, 0) is 4.79 Å². The first-order chi connectivity index (χ1) is 11.2. The summed E-state index contributed by atoms with van der Waals surface area (Å²) in [5, 5.41) is 5.97. The lowest BCUT2D eigenvalue weighted by Gasteiger charge is -2.34. The zero-order valence-electron chi connectivity index (χ0n) is 13.1. The molecule has 1 aliphatic rings. The highest BCUT2D eigenvalue weighted by molar-refractivity contribution is 7.13. The molecular formula is C16H20N4O2S. The van der Waals surface area contributed by atoms with E-state index in [-0.39, 0.29) is 5.91 Å². The van der Waals surface area contributed by atoms with E-state index in [4.69, 9.17) is 4.74 Å². The van der Waals surface area contributed by atoms with Crippen LogP contribution in [-0.4, -0.2) is 55.6 Å². The molecule has 0 radical (unpaired) electrons. The molecule has 1 saturated heterocycles. The Hall–Kier alpha value is -2.12. The van der Waals surface area contributed by atoms with E-state index in [1.807, 2.05) is 35.8 Å². The Bertz CT molecular complexity index is 622. The summed E-state index contributed by atoms with van der Waals surface area (Å²) in [5.41, 5.74) is 0.789. The Labute approximate surface area is 139 Å². The molecule has 7 heteroatoms. The summed E-state index contributed by atoms with van der Waals surface area (Å²) in [5.74, 6) is 0.791. The zero-order valence-corrected chi connectivity index (χ0v) is 13.9. The topological polar surface area (TPSA) is 57.7 Å². The van der Waals surface area contributed by atoms with Crippen LogP contribution >= 0.6 is 11.3 Å². The number of carbonyl (C=O) groups excluding carboxylic acids is 1. The van der Waals surface area contributed by atoms with E-state index in [2.05, 4.69) is 20.1 Å². The van der Waals surface area contributed by atoms with Crippen molar-refractivity contribution in [1.29, 1.82) is 0 Å². The number of anilines is 2. The highest BCUT2D eigenvalue weighted by atomic mass is 32.1. The lowest BCUT2D eigenvalue weighted by molar-refractivity contribution is -0.117. The maximum absolute atomic E-state index is 12.1. The summed E-state index contributed by atoms with van der Waals surface area (Å²) in [6, 6.07) is 7.36. The van der Waals surface area contributed by atoms with Gasteiger partial charge in [-0.2, -0.15) is 0 Å². The number of amides is 1. The summed E-state index contributed by atoms with van der Waals surface area (Å²) in [6.07, 6.45) is 1.83. The lowest BCUT2D eigenvalue weighted by atomic mass is 10.3. The van der Waals surface area contributed by atoms with Gasteiger partial charge in [0.25, 0.3) is 0 Å². The lowest BCUT2D eigenvalue weighted by Crippen LogP contribution is -2.48. The maximum atomic E-state index is 12.1. The first kappa shape index (κ1) is 15.8. The Morgan fingerprint density at radius 3 is 2.61 bits per heavy atom. The molecule has 0 bridgehead atoms. The van der Waals surface area contributed by atoms with Crippen molar-refractivity contribution in [3.8, 4) is 5.75 Å². The molecule has 1 aromatic heterocycles. The minimum Gasteiger partial charge on any atom is -0.497 e. The van der Waals surface area contributed by atoms with Gasteiger partial charge >= 0.3 is 0 Å². The molecule has 1 aliphatic heterocycles. The fourth-order valence-electron chi connectivity index (χ4n) is 2.55. The molecule has 0 spiro atoms. The highest BCUT2D eigenvalue weighted by Crippen LogP contribution is 2.19. The molecule has 6 nitrogen and oxygen atoms in total. The molecule has 23 heavy (non-hydrogen) atoms. The number of hydrogen-bond acceptors (Lipinski definition) is 6. The minimum atomic E-state index is 0.0119. The molecule has 1 N–H and O–H groups in total. The van der Waals surface area contributed by atoms with E-state index in [0.29, 0.717) is 6.54 Å². The van der Waals surface area contributed by atoms with Crippen molar-refractivity contribution in [2.24, 2.45) is 0 Å². The molecule has 0 saturated carbocycles. The number of nitrogens with one attached hydrogen (secondary N) is 1. The average molecular weight is 332 g/mol. The smallest absolute Gasteiger partial charge is 0.238 e. The third kappa shape index (κ3) is 4.20. The second-order valence-electron chi connectivity index (χ2n) is 5.35. The van der Waals surface area contributed by atoms with Crippen LogP contribution in [0.4, 0.5) is 10.8 Å². The van der Waals surface area contributed by atoms with Gasteiger partial charge in [0.2, 0.25) is 5.91 Å². The molecule has 1 aromatic carbocycles. The Balaban J connectivity index is 1.45. The maximum Gasteiger partial charge on any atom is 0.238 e. The van der Waals surface area contributed by atoms with E-state index < -0.39 is 0 Å². The van der Waals surface area contributed by atoms with Gasteiger partial charge in [-0.05, 0) is 24.3 Å². The van der Waals surface area contributed by atoms with Crippen molar-refractivity contribution < 1.29 is 9.53 Å². The van der Waals surface area contributed by atoms with E-state index >= 15 is 0 Å². The monoisotopic (exact) mass is 332 g/mol. The predicted octanol–water partition coefficient (Wildman–Crippen LogP) is 1.91. The van der Waals surface area contributed by atoms with E-state index in [9.17, 15) is 4.79 Å². The van der Waals surface area contributed by atoms with Crippen LogP contribution in [0.5, 0.6) is 5.75 Å². The quantitative estimate of drug-likeness (QED) is 0.906. The predicted molar refractivity (Wildman–Crippen MR) is 92.4 cm³/mol. The molecule has 1 amide bonds. The normalized spacial score (nSPS) is 15.4. The fraction of sp³-hybridized carbons (Fsp3) is 0.375. The average Bonchev–Trinajstić information content (AvgIpc) is 3.11. The van der Waals surface area contributed by atoms with Crippen molar-refractivity contribution >= 4 is 28.1 Å². The molecule has 2 heterocycles. The van der Waals surface area contributed by atoms with Crippen LogP contribution in [0, 0.1) is 0 Å². The summed E-state index contributed by atoms with van der Waals surface area (Å²) < 4.78 is 5.11. The number of aromatic nitrogens is 1. The number of thiazole rings is 1. The molecule has 0 aliphatic carbocycles. The first-order valence-electron chi connectivity index (χ1n) is 7.55. The molecule has 122 valence electrons. The van der Waals surface area contributed by atoms with Crippen LogP contribution in [0.2, 0.25) is 0 Å². The zero-order chi connectivity index (χ0) is 16.1. The SMILES string of the molecule is COc1ccc(NC(=O)CN2CCN(c3nccs3)CC2)cc1. The van der Waals surface area contributed by atoms with Crippen molar-refractivity contribution in [1.82, 2.24) is 9.88 Å². The molecule has 0 atom stereocenters. The van der Waals surface area contributed by atoms with Gasteiger partial charge in [-0.25, -0.2) is 4.98 Å².